The lowest BCUT2D eigenvalue weighted by atomic mass is 9.95. The molecular formula is C18H23NO4S. The van der Waals surface area contributed by atoms with Gasteiger partial charge in [-0.25, -0.2) is 8.42 Å². The van der Waals surface area contributed by atoms with Gasteiger partial charge in [-0.2, -0.15) is 0 Å². The van der Waals surface area contributed by atoms with Gasteiger partial charge in [0, 0.05) is 17.9 Å². The second-order valence-corrected chi connectivity index (χ2v) is 9.14. The SMILES string of the molecule is O=C(C[C@H]1CCS(=O)(=O)C1)Nc1ccccc1C(=O)C1CCCC1. The summed E-state index contributed by atoms with van der Waals surface area (Å²) >= 11 is 0. The summed E-state index contributed by atoms with van der Waals surface area (Å²) < 4.78 is 23.0. The van der Waals surface area contributed by atoms with E-state index in [0.29, 0.717) is 17.7 Å². The van der Waals surface area contributed by atoms with E-state index < -0.39 is 9.84 Å². The van der Waals surface area contributed by atoms with Crippen molar-refractivity contribution < 1.29 is 18.0 Å². The highest BCUT2D eigenvalue weighted by Crippen LogP contribution is 2.30. The molecule has 1 atom stereocenters. The third-order valence-electron chi connectivity index (χ3n) is 4.99. The maximum Gasteiger partial charge on any atom is 0.224 e. The predicted molar refractivity (Wildman–Crippen MR) is 92.7 cm³/mol. The first-order chi connectivity index (χ1) is 11.4. The Morgan fingerprint density at radius 3 is 2.46 bits per heavy atom. The molecular weight excluding hydrogens is 326 g/mol. The van der Waals surface area contributed by atoms with E-state index in [1.165, 1.54) is 0 Å². The molecule has 0 aromatic heterocycles. The number of carbonyl (C=O) groups excluding carboxylic acids is 2. The van der Waals surface area contributed by atoms with E-state index in [4.69, 9.17) is 0 Å². The standard InChI is InChI=1S/C18H23NO4S/c20-17(11-13-9-10-24(22,23)12-13)19-16-8-4-3-7-15(16)18(21)14-5-1-2-6-14/h3-4,7-8,13-14H,1-2,5-6,9-12H2,(H,19,20)/t13-/m1/s1. The number of hydrogen-bond donors (Lipinski definition) is 1. The summed E-state index contributed by atoms with van der Waals surface area (Å²) in [6.45, 7) is 0. The third kappa shape index (κ3) is 4.04. The lowest BCUT2D eigenvalue weighted by molar-refractivity contribution is -0.116. The van der Waals surface area contributed by atoms with Crippen molar-refractivity contribution in [2.75, 3.05) is 16.8 Å². The fourth-order valence-electron chi connectivity index (χ4n) is 3.71. The van der Waals surface area contributed by atoms with Crippen molar-refractivity contribution >= 4 is 27.2 Å². The van der Waals surface area contributed by atoms with Crippen LogP contribution < -0.4 is 5.32 Å². The van der Waals surface area contributed by atoms with Crippen molar-refractivity contribution in [1.82, 2.24) is 0 Å². The van der Waals surface area contributed by atoms with Crippen LogP contribution in [0.1, 0.15) is 48.9 Å². The molecule has 1 amide bonds. The van der Waals surface area contributed by atoms with Crippen molar-refractivity contribution in [3.63, 3.8) is 0 Å². The van der Waals surface area contributed by atoms with Crippen molar-refractivity contribution in [2.45, 2.75) is 38.5 Å². The average Bonchev–Trinajstić information content (AvgIpc) is 3.17. The average molecular weight is 349 g/mol. The van der Waals surface area contributed by atoms with Crippen LogP contribution in [-0.4, -0.2) is 31.6 Å². The largest absolute Gasteiger partial charge is 0.325 e. The Morgan fingerprint density at radius 2 is 1.79 bits per heavy atom. The van der Waals surface area contributed by atoms with Crippen LogP contribution >= 0.6 is 0 Å². The molecule has 0 bridgehead atoms. The van der Waals surface area contributed by atoms with E-state index >= 15 is 0 Å². The number of hydrogen-bond acceptors (Lipinski definition) is 4. The molecule has 1 heterocycles. The molecule has 2 aliphatic rings. The van der Waals surface area contributed by atoms with Crippen LogP contribution in [0.15, 0.2) is 24.3 Å². The lowest BCUT2D eigenvalue weighted by Crippen LogP contribution is -2.20. The smallest absolute Gasteiger partial charge is 0.224 e. The Morgan fingerprint density at radius 1 is 1.08 bits per heavy atom. The molecule has 0 unspecified atom stereocenters. The van der Waals surface area contributed by atoms with Crippen LogP contribution in [0.4, 0.5) is 5.69 Å². The molecule has 3 rings (SSSR count). The second-order valence-electron chi connectivity index (χ2n) is 6.91. The van der Waals surface area contributed by atoms with Gasteiger partial charge in [0.25, 0.3) is 0 Å². The zero-order valence-electron chi connectivity index (χ0n) is 13.7. The molecule has 1 saturated heterocycles. The first-order valence-electron chi connectivity index (χ1n) is 8.58. The summed E-state index contributed by atoms with van der Waals surface area (Å²) in [5, 5.41) is 2.81. The Kier molecular flexibility index (Phi) is 5.04. The number of para-hydroxylation sites is 1. The fourth-order valence-corrected chi connectivity index (χ4v) is 5.57. The molecule has 1 aromatic rings. The number of ketones is 1. The normalized spacial score (nSPS) is 23.2. The Hall–Kier alpha value is -1.69. The lowest BCUT2D eigenvalue weighted by Gasteiger charge is -2.14. The van der Waals surface area contributed by atoms with Gasteiger partial charge in [0.1, 0.15) is 0 Å². The Labute approximate surface area is 142 Å². The van der Waals surface area contributed by atoms with E-state index in [2.05, 4.69) is 5.32 Å². The van der Waals surface area contributed by atoms with Crippen LogP contribution in [0.5, 0.6) is 0 Å². The van der Waals surface area contributed by atoms with Gasteiger partial charge in [-0.3, -0.25) is 9.59 Å². The molecule has 2 fully saturated rings. The summed E-state index contributed by atoms with van der Waals surface area (Å²) in [6.07, 6.45) is 4.73. The summed E-state index contributed by atoms with van der Waals surface area (Å²) in [7, 11) is -2.98. The summed E-state index contributed by atoms with van der Waals surface area (Å²) in [5.74, 6) is 0.0800. The number of benzene rings is 1. The van der Waals surface area contributed by atoms with Crippen LogP contribution in [0.25, 0.3) is 0 Å². The molecule has 1 aliphatic heterocycles. The molecule has 0 radical (unpaired) electrons. The van der Waals surface area contributed by atoms with E-state index in [0.717, 1.165) is 25.7 Å². The highest BCUT2D eigenvalue weighted by atomic mass is 32.2. The molecule has 24 heavy (non-hydrogen) atoms. The van der Waals surface area contributed by atoms with Gasteiger partial charge >= 0.3 is 0 Å². The Balaban J connectivity index is 1.66. The maximum atomic E-state index is 12.6. The van der Waals surface area contributed by atoms with Crippen LogP contribution in [0, 0.1) is 11.8 Å². The minimum absolute atomic E-state index is 0.0584. The quantitative estimate of drug-likeness (QED) is 0.829. The summed E-state index contributed by atoms with van der Waals surface area (Å²) in [5.41, 5.74) is 1.11. The number of rotatable bonds is 5. The van der Waals surface area contributed by atoms with E-state index in [-0.39, 0.29) is 41.5 Å². The van der Waals surface area contributed by atoms with Gasteiger partial charge in [0.05, 0.1) is 17.2 Å². The van der Waals surface area contributed by atoms with Crippen LogP contribution in [0.2, 0.25) is 0 Å². The molecule has 1 aliphatic carbocycles. The van der Waals surface area contributed by atoms with E-state index in [1.807, 2.05) is 0 Å². The van der Waals surface area contributed by atoms with Gasteiger partial charge in [-0.1, -0.05) is 25.0 Å². The van der Waals surface area contributed by atoms with E-state index in [1.54, 1.807) is 24.3 Å². The number of anilines is 1. The zero-order chi connectivity index (χ0) is 17.2. The minimum Gasteiger partial charge on any atom is -0.325 e. The molecule has 5 nitrogen and oxygen atoms in total. The maximum absolute atomic E-state index is 12.6. The fraction of sp³-hybridized carbons (Fsp3) is 0.556. The third-order valence-corrected chi connectivity index (χ3v) is 6.83. The van der Waals surface area contributed by atoms with Gasteiger partial charge in [0.15, 0.2) is 15.6 Å². The summed E-state index contributed by atoms with van der Waals surface area (Å²) in [4.78, 5) is 24.9. The first-order valence-corrected chi connectivity index (χ1v) is 10.4. The topological polar surface area (TPSA) is 80.3 Å². The summed E-state index contributed by atoms with van der Waals surface area (Å²) in [6, 6.07) is 7.10. The van der Waals surface area contributed by atoms with Gasteiger partial charge in [0.2, 0.25) is 5.91 Å². The zero-order valence-corrected chi connectivity index (χ0v) is 14.5. The molecule has 6 heteroatoms. The predicted octanol–water partition coefficient (Wildman–Crippen LogP) is 2.82. The van der Waals surface area contributed by atoms with Gasteiger partial charge < -0.3 is 5.32 Å². The van der Waals surface area contributed by atoms with Gasteiger partial charge in [-0.15, -0.1) is 0 Å². The van der Waals surface area contributed by atoms with Crippen LogP contribution in [0.3, 0.4) is 0 Å². The Bertz CT molecular complexity index is 735. The monoisotopic (exact) mass is 349 g/mol. The van der Waals surface area contributed by atoms with Gasteiger partial charge in [-0.05, 0) is 37.3 Å². The number of sulfone groups is 1. The second kappa shape index (κ2) is 7.05. The highest BCUT2D eigenvalue weighted by molar-refractivity contribution is 7.91. The number of amides is 1. The number of Topliss-reactive ketones (excluding diaryl/α,β-unsaturated/α-hetero) is 1. The number of carbonyl (C=O) groups is 2. The first kappa shape index (κ1) is 17.1. The molecule has 130 valence electrons. The molecule has 1 saturated carbocycles. The molecule has 0 spiro atoms. The van der Waals surface area contributed by atoms with Crippen molar-refractivity contribution in [2.24, 2.45) is 11.8 Å². The van der Waals surface area contributed by atoms with Crippen molar-refractivity contribution in [1.29, 1.82) is 0 Å². The molecule has 1 aromatic carbocycles. The highest BCUT2D eigenvalue weighted by Gasteiger charge is 2.30. The van der Waals surface area contributed by atoms with E-state index in [9.17, 15) is 18.0 Å². The minimum atomic E-state index is -2.98. The van der Waals surface area contributed by atoms with Crippen molar-refractivity contribution in [3.8, 4) is 0 Å². The van der Waals surface area contributed by atoms with Crippen molar-refractivity contribution in [3.05, 3.63) is 29.8 Å². The number of nitrogens with one attached hydrogen (secondary N) is 1. The molecule has 1 N–H and O–H groups in total. The van der Waals surface area contributed by atoms with Crippen LogP contribution in [-0.2, 0) is 14.6 Å².